The van der Waals surface area contributed by atoms with Gasteiger partial charge in [0.2, 0.25) is 0 Å². The van der Waals surface area contributed by atoms with Crippen LogP contribution >= 0.6 is 0 Å². The van der Waals surface area contributed by atoms with Crippen LogP contribution in [0, 0.1) is 5.82 Å². The number of halogens is 1. The van der Waals surface area contributed by atoms with Crippen LogP contribution in [-0.4, -0.2) is 29.9 Å². The van der Waals surface area contributed by atoms with E-state index in [1.165, 1.54) is 6.92 Å². The number of phenolic OH excluding ortho intramolecular Hbond substituents is 1. The third kappa shape index (κ3) is 2.73. The first-order chi connectivity index (χ1) is 8.79. The van der Waals surface area contributed by atoms with Gasteiger partial charge in [0, 0.05) is 6.26 Å². The summed E-state index contributed by atoms with van der Waals surface area (Å²) in [5.41, 5.74) is 0.0134. The van der Waals surface area contributed by atoms with Crippen molar-refractivity contribution >= 4 is 9.84 Å². The highest BCUT2D eigenvalue weighted by molar-refractivity contribution is 7.90. The van der Waals surface area contributed by atoms with Gasteiger partial charge in [-0.15, -0.1) is 0 Å². The summed E-state index contributed by atoms with van der Waals surface area (Å²) in [5, 5.41) is 12.2. The molecule has 0 fully saturated rings. The topological polar surface area (TPSA) is 93.3 Å². The summed E-state index contributed by atoms with van der Waals surface area (Å²) >= 11 is 0. The monoisotopic (exact) mass is 286 g/mol. The maximum atomic E-state index is 13.1. The van der Waals surface area contributed by atoms with E-state index < -0.39 is 20.9 Å². The number of aromatic nitrogens is 2. The smallest absolute Gasteiger partial charge is 0.261 e. The van der Waals surface area contributed by atoms with Gasteiger partial charge in [0.1, 0.15) is 16.8 Å². The molecule has 1 aromatic heterocycles. The molecule has 2 rings (SSSR count). The van der Waals surface area contributed by atoms with Gasteiger partial charge >= 0.3 is 0 Å². The van der Waals surface area contributed by atoms with E-state index in [9.17, 15) is 17.9 Å². The molecule has 0 aliphatic heterocycles. The Balaban J connectivity index is 2.44. The lowest BCUT2D eigenvalue weighted by molar-refractivity contribution is 0.416. The summed E-state index contributed by atoms with van der Waals surface area (Å²) < 4.78 is 40.7. The lowest BCUT2D eigenvalue weighted by Gasteiger charge is -2.02. The van der Waals surface area contributed by atoms with Gasteiger partial charge in [-0.3, -0.25) is 0 Å². The standard InChI is InChI=1S/C11H11FN2O4S/c1-6(19(2,16)17)10-13-11(18-14-10)8-5-7(12)3-4-9(8)15/h3-6,15H,1-2H3. The van der Waals surface area contributed by atoms with E-state index in [1.54, 1.807) is 0 Å². The second kappa shape index (κ2) is 4.61. The van der Waals surface area contributed by atoms with E-state index in [0.29, 0.717) is 0 Å². The van der Waals surface area contributed by atoms with Crippen molar-refractivity contribution in [3.05, 3.63) is 29.8 Å². The molecule has 1 atom stereocenters. The Morgan fingerprint density at radius 1 is 1.42 bits per heavy atom. The minimum atomic E-state index is -3.36. The van der Waals surface area contributed by atoms with E-state index >= 15 is 0 Å². The summed E-state index contributed by atoms with van der Waals surface area (Å²) in [5.74, 6) is -0.990. The molecule has 1 heterocycles. The summed E-state index contributed by atoms with van der Waals surface area (Å²) in [6.45, 7) is 1.41. The number of benzene rings is 1. The lowest BCUT2D eigenvalue weighted by atomic mass is 10.2. The van der Waals surface area contributed by atoms with Gasteiger partial charge in [0.05, 0.1) is 5.56 Å². The van der Waals surface area contributed by atoms with E-state index in [-0.39, 0.29) is 23.0 Å². The molecule has 19 heavy (non-hydrogen) atoms. The zero-order chi connectivity index (χ0) is 14.2. The van der Waals surface area contributed by atoms with Crippen LogP contribution in [0.5, 0.6) is 5.75 Å². The van der Waals surface area contributed by atoms with Crippen molar-refractivity contribution in [1.82, 2.24) is 10.1 Å². The molecule has 0 aliphatic carbocycles. The van der Waals surface area contributed by atoms with Crippen molar-refractivity contribution in [3.8, 4) is 17.2 Å². The van der Waals surface area contributed by atoms with Gasteiger partial charge in [0.15, 0.2) is 15.7 Å². The first-order valence-electron chi connectivity index (χ1n) is 5.30. The fourth-order valence-corrected chi connectivity index (χ4v) is 1.86. The van der Waals surface area contributed by atoms with Crippen molar-refractivity contribution in [3.63, 3.8) is 0 Å². The molecule has 1 N–H and O–H groups in total. The minimum absolute atomic E-state index is 0.0134. The molecule has 0 saturated carbocycles. The van der Waals surface area contributed by atoms with E-state index in [2.05, 4.69) is 10.1 Å². The molecule has 1 aromatic carbocycles. The molecule has 1 unspecified atom stereocenters. The number of nitrogens with zero attached hydrogens (tertiary/aromatic N) is 2. The van der Waals surface area contributed by atoms with Crippen LogP contribution < -0.4 is 0 Å². The van der Waals surface area contributed by atoms with Gasteiger partial charge in [-0.05, 0) is 25.1 Å². The maximum absolute atomic E-state index is 13.1. The Bertz CT molecular complexity index is 711. The maximum Gasteiger partial charge on any atom is 0.261 e. The number of phenols is 1. The number of rotatable bonds is 3. The Hall–Kier alpha value is -1.96. The molecule has 0 radical (unpaired) electrons. The van der Waals surface area contributed by atoms with E-state index in [4.69, 9.17) is 4.52 Å². The van der Waals surface area contributed by atoms with Crippen molar-refractivity contribution < 1.29 is 22.4 Å². The number of hydrogen-bond acceptors (Lipinski definition) is 6. The number of aromatic hydroxyl groups is 1. The molecule has 8 heteroatoms. The molecule has 0 aliphatic rings. The predicted molar refractivity (Wildman–Crippen MR) is 64.6 cm³/mol. The Morgan fingerprint density at radius 2 is 2.11 bits per heavy atom. The fourth-order valence-electron chi connectivity index (χ4n) is 1.38. The zero-order valence-electron chi connectivity index (χ0n) is 10.2. The van der Waals surface area contributed by atoms with Crippen LogP contribution in [0.2, 0.25) is 0 Å². The molecule has 2 aromatic rings. The first kappa shape index (κ1) is 13.5. The molecule has 0 spiro atoms. The van der Waals surface area contributed by atoms with Gasteiger partial charge in [-0.1, -0.05) is 5.16 Å². The van der Waals surface area contributed by atoms with Crippen molar-refractivity contribution in [2.45, 2.75) is 12.2 Å². The van der Waals surface area contributed by atoms with Gasteiger partial charge in [-0.2, -0.15) is 4.98 Å². The largest absolute Gasteiger partial charge is 0.507 e. The Kier molecular flexibility index (Phi) is 3.27. The highest BCUT2D eigenvalue weighted by Crippen LogP contribution is 2.29. The third-order valence-electron chi connectivity index (χ3n) is 2.64. The van der Waals surface area contributed by atoms with Crippen molar-refractivity contribution in [2.75, 3.05) is 6.26 Å². The third-order valence-corrected chi connectivity index (χ3v) is 4.13. The highest BCUT2D eigenvalue weighted by Gasteiger charge is 2.24. The van der Waals surface area contributed by atoms with Crippen LogP contribution in [-0.2, 0) is 9.84 Å². The summed E-state index contributed by atoms with van der Waals surface area (Å²) in [7, 11) is -3.36. The fraction of sp³-hybridized carbons (Fsp3) is 0.273. The molecule has 0 amide bonds. The highest BCUT2D eigenvalue weighted by atomic mass is 32.2. The number of hydrogen-bond donors (Lipinski definition) is 1. The average Bonchev–Trinajstić information content (AvgIpc) is 2.79. The van der Waals surface area contributed by atoms with E-state index in [0.717, 1.165) is 24.5 Å². The SMILES string of the molecule is CC(c1noc(-c2cc(F)ccc2O)n1)S(C)(=O)=O. The van der Waals surface area contributed by atoms with Crippen LogP contribution in [0.3, 0.4) is 0 Å². The molecular formula is C11H11FN2O4S. The van der Waals surface area contributed by atoms with E-state index in [1.807, 2.05) is 0 Å². The molecule has 6 nitrogen and oxygen atoms in total. The predicted octanol–water partition coefficient (Wildman–Crippen LogP) is 1.69. The molecule has 0 bridgehead atoms. The molecule has 102 valence electrons. The zero-order valence-corrected chi connectivity index (χ0v) is 11.0. The molecule has 0 saturated heterocycles. The first-order valence-corrected chi connectivity index (χ1v) is 7.26. The second-order valence-electron chi connectivity index (χ2n) is 4.09. The van der Waals surface area contributed by atoms with Crippen LogP contribution in [0.1, 0.15) is 18.0 Å². The minimum Gasteiger partial charge on any atom is -0.507 e. The van der Waals surface area contributed by atoms with Gasteiger partial charge < -0.3 is 9.63 Å². The van der Waals surface area contributed by atoms with Crippen molar-refractivity contribution in [2.24, 2.45) is 0 Å². The second-order valence-corrected chi connectivity index (χ2v) is 6.46. The summed E-state index contributed by atoms with van der Waals surface area (Å²) in [4.78, 5) is 3.87. The normalized spacial score (nSPS) is 13.4. The lowest BCUT2D eigenvalue weighted by Crippen LogP contribution is -2.09. The van der Waals surface area contributed by atoms with Crippen LogP contribution in [0.4, 0.5) is 4.39 Å². The summed E-state index contributed by atoms with van der Waals surface area (Å²) in [6.07, 6.45) is 1.05. The number of sulfone groups is 1. The Labute approximate surface area is 108 Å². The quantitative estimate of drug-likeness (QED) is 0.922. The Morgan fingerprint density at radius 3 is 2.74 bits per heavy atom. The average molecular weight is 286 g/mol. The molecular weight excluding hydrogens is 275 g/mol. The van der Waals surface area contributed by atoms with Crippen LogP contribution in [0.15, 0.2) is 22.7 Å². The van der Waals surface area contributed by atoms with Gasteiger partial charge in [0.25, 0.3) is 5.89 Å². The summed E-state index contributed by atoms with van der Waals surface area (Å²) in [6, 6.07) is 3.25. The van der Waals surface area contributed by atoms with Crippen LogP contribution in [0.25, 0.3) is 11.5 Å². The van der Waals surface area contributed by atoms with Gasteiger partial charge in [-0.25, -0.2) is 12.8 Å². The van der Waals surface area contributed by atoms with Crippen molar-refractivity contribution in [1.29, 1.82) is 0 Å².